The van der Waals surface area contributed by atoms with Crippen molar-refractivity contribution < 1.29 is 4.79 Å². The number of carbonyl (C=O) groups is 1. The Morgan fingerprint density at radius 1 is 1.80 bits per heavy atom. The first-order valence-electron chi connectivity index (χ1n) is 4.89. The zero-order valence-corrected chi connectivity index (χ0v) is 8.86. The molecule has 0 radical (unpaired) electrons. The number of hydrogen-bond donors (Lipinski definition) is 2. The lowest BCUT2D eigenvalue weighted by molar-refractivity contribution is 0.0769. The van der Waals surface area contributed by atoms with Gasteiger partial charge in [0.1, 0.15) is 5.69 Å². The second-order valence-corrected chi connectivity index (χ2v) is 3.24. The Balaban J connectivity index is 2.80. The lowest BCUT2D eigenvalue weighted by atomic mass is 10.3. The van der Waals surface area contributed by atoms with Crippen molar-refractivity contribution in [2.45, 2.75) is 13.3 Å². The van der Waals surface area contributed by atoms with E-state index in [0.717, 1.165) is 6.42 Å². The van der Waals surface area contributed by atoms with Crippen molar-refractivity contribution in [3.05, 3.63) is 24.5 Å². The standard InChI is InChI=1S/C10H16N4O/c1-3-5-14(6-4-2)10(15)9-8(11)7-12-13-9/h3,7H,1,4-6,11H2,2H3,(H,12,13). The Morgan fingerprint density at radius 2 is 2.53 bits per heavy atom. The van der Waals surface area contributed by atoms with Crippen LogP contribution >= 0.6 is 0 Å². The summed E-state index contributed by atoms with van der Waals surface area (Å²) in [7, 11) is 0. The van der Waals surface area contributed by atoms with E-state index in [0.29, 0.717) is 24.5 Å². The van der Waals surface area contributed by atoms with Crippen LogP contribution in [0.4, 0.5) is 5.69 Å². The maximum atomic E-state index is 11.9. The van der Waals surface area contributed by atoms with Crippen LogP contribution in [-0.2, 0) is 0 Å². The molecule has 1 heterocycles. The van der Waals surface area contributed by atoms with Gasteiger partial charge in [-0.05, 0) is 6.42 Å². The Kier molecular flexibility index (Phi) is 3.91. The van der Waals surface area contributed by atoms with E-state index in [-0.39, 0.29) is 5.91 Å². The number of nitrogens with one attached hydrogen (secondary N) is 1. The predicted molar refractivity (Wildman–Crippen MR) is 59.4 cm³/mol. The van der Waals surface area contributed by atoms with Crippen LogP contribution < -0.4 is 5.73 Å². The van der Waals surface area contributed by atoms with E-state index in [2.05, 4.69) is 16.8 Å². The third-order valence-corrected chi connectivity index (χ3v) is 2.01. The molecular formula is C10H16N4O. The van der Waals surface area contributed by atoms with Gasteiger partial charge in [0, 0.05) is 13.1 Å². The maximum absolute atomic E-state index is 11.9. The molecule has 1 rings (SSSR count). The Labute approximate surface area is 89.0 Å². The van der Waals surface area contributed by atoms with Crippen molar-refractivity contribution in [3.8, 4) is 0 Å². The summed E-state index contributed by atoms with van der Waals surface area (Å²) < 4.78 is 0. The predicted octanol–water partition coefficient (Wildman–Crippen LogP) is 1.03. The average molecular weight is 208 g/mol. The number of nitrogens with zero attached hydrogens (tertiary/aromatic N) is 2. The van der Waals surface area contributed by atoms with Gasteiger partial charge in [-0.15, -0.1) is 6.58 Å². The Hall–Kier alpha value is -1.78. The van der Waals surface area contributed by atoms with Crippen LogP contribution in [-0.4, -0.2) is 34.1 Å². The van der Waals surface area contributed by atoms with E-state index >= 15 is 0 Å². The monoisotopic (exact) mass is 208 g/mol. The van der Waals surface area contributed by atoms with E-state index in [1.54, 1.807) is 11.0 Å². The van der Waals surface area contributed by atoms with Gasteiger partial charge < -0.3 is 10.6 Å². The molecule has 5 heteroatoms. The molecular weight excluding hydrogens is 192 g/mol. The van der Waals surface area contributed by atoms with Crippen LogP contribution in [0.5, 0.6) is 0 Å². The van der Waals surface area contributed by atoms with Gasteiger partial charge in [-0.3, -0.25) is 9.89 Å². The number of hydrogen-bond acceptors (Lipinski definition) is 3. The molecule has 0 aliphatic rings. The summed E-state index contributed by atoms with van der Waals surface area (Å²) in [6, 6.07) is 0. The molecule has 0 aliphatic heterocycles. The number of anilines is 1. The second-order valence-electron chi connectivity index (χ2n) is 3.24. The van der Waals surface area contributed by atoms with Crippen LogP contribution in [0.25, 0.3) is 0 Å². The highest BCUT2D eigenvalue weighted by Gasteiger charge is 2.17. The highest BCUT2D eigenvalue weighted by Crippen LogP contribution is 2.10. The molecule has 0 unspecified atom stereocenters. The fourth-order valence-electron chi connectivity index (χ4n) is 1.33. The SMILES string of the molecule is C=CCN(CCC)C(=O)c1[nH]ncc1N. The van der Waals surface area contributed by atoms with E-state index in [1.807, 2.05) is 6.92 Å². The molecule has 0 saturated carbocycles. The van der Waals surface area contributed by atoms with E-state index in [4.69, 9.17) is 5.73 Å². The lowest BCUT2D eigenvalue weighted by Gasteiger charge is -2.19. The summed E-state index contributed by atoms with van der Waals surface area (Å²) in [5, 5.41) is 6.32. The summed E-state index contributed by atoms with van der Waals surface area (Å²) in [6.07, 6.45) is 4.03. The van der Waals surface area contributed by atoms with Gasteiger partial charge in [0.15, 0.2) is 0 Å². The summed E-state index contributed by atoms with van der Waals surface area (Å²) in [5.41, 5.74) is 6.34. The Bertz CT molecular complexity index is 345. The molecule has 0 aliphatic carbocycles. The summed E-state index contributed by atoms with van der Waals surface area (Å²) in [4.78, 5) is 13.6. The van der Waals surface area contributed by atoms with Gasteiger partial charge in [-0.25, -0.2) is 0 Å². The zero-order chi connectivity index (χ0) is 11.3. The van der Waals surface area contributed by atoms with Crippen LogP contribution in [0, 0.1) is 0 Å². The number of aromatic nitrogens is 2. The number of carbonyl (C=O) groups excluding carboxylic acids is 1. The fraction of sp³-hybridized carbons (Fsp3) is 0.400. The first-order valence-corrected chi connectivity index (χ1v) is 4.89. The minimum absolute atomic E-state index is 0.133. The summed E-state index contributed by atoms with van der Waals surface area (Å²) in [6.45, 7) is 6.83. The molecule has 5 nitrogen and oxygen atoms in total. The molecule has 0 atom stereocenters. The number of nitrogens with two attached hydrogens (primary N) is 1. The van der Waals surface area contributed by atoms with Crippen LogP contribution in [0.15, 0.2) is 18.9 Å². The molecule has 15 heavy (non-hydrogen) atoms. The van der Waals surface area contributed by atoms with Crippen molar-refractivity contribution in [2.75, 3.05) is 18.8 Å². The number of H-pyrrole nitrogens is 1. The van der Waals surface area contributed by atoms with Crippen molar-refractivity contribution in [3.63, 3.8) is 0 Å². The first kappa shape index (κ1) is 11.3. The maximum Gasteiger partial charge on any atom is 0.274 e. The smallest absolute Gasteiger partial charge is 0.274 e. The zero-order valence-electron chi connectivity index (χ0n) is 8.86. The fourth-order valence-corrected chi connectivity index (χ4v) is 1.33. The van der Waals surface area contributed by atoms with E-state index in [9.17, 15) is 4.79 Å². The third-order valence-electron chi connectivity index (χ3n) is 2.01. The van der Waals surface area contributed by atoms with Crippen molar-refractivity contribution in [1.29, 1.82) is 0 Å². The summed E-state index contributed by atoms with van der Waals surface area (Å²) >= 11 is 0. The Morgan fingerprint density at radius 3 is 3.00 bits per heavy atom. The minimum atomic E-state index is -0.133. The number of aromatic amines is 1. The quantitative estimate of drug-likeness (QED) is 0.710. The number of nitrogen functional groups attached to an aromatic ring is 1. The van der Waals surface area contributed by atoms with Gasteiger partial charge in [0.25, 0.3) is 5.91 Å². The second kappa shape index (κ2) is 5.19. The van der Waals surface area contributed by atoms with Gasteiger partial charge in [0.2, 0.25) is 0 Å². The molecule has 0 bridgehead atoms. The molecule has 3 N–H and O–H groups in total. The topological polar surface area (TPSA) is 75.0 Å². The number of amides is 1. The van der Waals surface area contributed by atoms with Crippen LogP contribution in [0.2, 0.25) is 0 Å². The van der Waals surface area contributed by atoms with Gasteiger partial charge in [-0.2, -0.15) is 5.10 Å². The van der Waals surface area contributed by atoms with Gasteiger partial charge in [-0.1, -0.05) is 13.0 Å². The molecule has 0 fully saturated rings. The van der Waals surface area contributed by atoms with Crippen molar-refractivity contribution >= 4 is 11.6 Å². The van der Waals surface area contributed by atoms with Gasteiger partial charge >= 0.3 is 0 Å². The third kappa shape index (κ3) is 2.59. The largest absolute Gasteiger partial charge is 0.396 e. The molecule has 82 valence electrons. The average Bonchev–Trinajstić information content (AvgIpc) is 2.63. The highest BCUT2D eigenvalue weighted by molar-refractivity contribution is 5.97. The van der Waals surface area contributed by atoms with E-state index < -0.39 is 0 Å². The minimum Gasteiger partial charge on any atom is -0.396 e. The molecule has 0 aromatic carbocycles. The van der Waals surface area contributed by atoms with Crippen LogP contribution in [0.1, 0.15) is 23.8 Å². The van der Waals surface area contributed by atoms with Crippen molar-refractivity contribution in [2.24, 2.45) is 0 Å². The molecule has 1 amide bonds. The summed E-state index contributed by atoms with van der Waals surface area (Å²) in [5.74, 6) is -0.133. The normalized spacial score (nSPS) is 9.93. The van der Waals surface area contributed by atoms with Gasteiger partial charge in [0.05, 0.1) is 11.9 Å². The first-order chi connectivity index (χ1) is 7.20. The van der Waals surface area contributed by atoms with Crippen molar-refractivity contribution in [1.82, 2.24) is 15.1 Å². The molecule has 0 saturated heterocycles. The molecule has 0 spiro atoms. The highest BCUT2D eigenvalue weighted by atomic mass is 16.2. The molecule has 1 aromatic rings. The number of rotatable bonds is 5. The lowest BCUT2D eigenvalue weighted by Crippen LogP contribution is -2.32. The van der Waals surface area contributed by atoms with E-state index in [1.165, 1.54) is 6.20 Å². The molecule has 1 aromatic heterocycles. The van der Waals surface area contributed by atoms with Crippen LogP contribution in [0.3, 0.4) is 0 Å².